The van der Waals surface area contributed by atoms with Gasteiger partial charge in [0.15, 0.2) is 0 Å². The van der Waals surface area contributed by atoms with Crippen molar-refractivity contribution in [2.45, 2.75) is 19.4 Å². The van der Waals surface area contributed by atoms with Gasteiger partial charge >= 0.3 is 0 Å². The number of carbonyl (C=O) groups is 1. The molecule has 1 amide bonds. The summed E-state index contributed by atoms with van der Waals surface area (Å²) in [5.41, 5.74) is 1.31. The first-order valence-electron chi connectivity index (χ1n) is 6.79. The second-order valence-corrected chi connectivity index (χ2v) is 4.79. The number of hydrogen-bond acceptors (Lipinski definition) is 3. The number of hydrogen-bond donors (Lipinski definition) is 1. The van der Waals surface area contributed by atoms with Crippen molar-refractivity contribution in [3.05, 3.63) is 75.6 Å². The van der Waals surface area contributed by atoms with Crippen LogP contribution >= 0.6 is 0 Å². The van der Waals surface area contributed by atoms with Gasteiger partial charge in [-0.05, 0) is 24.1 Å². The SMILES string of the molecule is O=C(CCc1ccc(F)cc1)NCc1ccccc1[N+](=O)[O-]. The van der Waals surface area contributed by atoms with Crippen LogP contribution in [-0.2, 0) is 17.8 Å². The third kappa shape index (κ3) is 4.37. The standard InChI is InChI=1S/C16H15FN2O3/c17-14-8-5-12(6-9-14)7-10-16(20)18-11-13-3-1-2-4-15(13)19(21)22/h1-6,8-9H,7,10-11H2,(H,18,20). The minimum Gasteiger partial charge on any atom is -0.352 e. The smallest absolute Gasteiger partial charge is 0.274 e. The summed E-state index contributed by atoms with van der Waals surface area (Å²) >= 11 is 0. The maximum Gasteiger partial charge on any atom is 0.274 e. The average molecular weight is 302 g/mol. The number of para-hydroxylation sites is 1. The second-order valence-electron chi connectivity index (χ2n) is 4.79. The summed E-state index contributed by atoms with van der Waals surface area (Å²) in [6.07, 6.45) is 0.731. The Morgan fingerprint density at radius 1 is 1.14 bits per heavy atom. The number of halogens is 1. The highest BCUT2D eigenvalue weighted by Gasteiger charge is 2.12. The van der Waals surface area contributed by atoms with Crippen LogP contribution in [0.15, 0.2) is 48.5 Å². The highest BCUT2D eigenvalue weighted by molar-refractivity contribution is 5.76. The third-order valence-corrected chi connectivity index (χ3v) is 3.22. The van der Waals surface area contributed by atoms with Gasteiger partial charge in [-0.1, -0.05) is 30.3 Å². The summed E-state index contributed by atoms with van der Waals surface area (Å²) in [7, 11) is 0. The van der Waals surface area contributed by atoms with Crippen LogP contribution in [0.3, 0.4) is 0 Å². The van der Waals surface area contributed by atoms with E-state index in [0.717, 1.165) is 5.56 Å². The van der Waals surface area contributed by atoms with E-state index in [1.54, 1.807) is 30.3 Å². The Hall–Kier alpha value is -2.76. The molecule has 1 N–H and O–H groups in total. The van der Waals surface area contributed by atoms with Crippen molar-refractivity contribution in [2.24, 2.45) is 0 Å². The number of nitrogens with one attached hydrogen (secondary N) is 1. The van der Waals surface area contributed by atoms with E-state index >= 15 is 0 Å². The fourth-order valence-electron chi connectivity index (χ4n) is 2.03. The normalized spacial score (nSPS) is 10.2. The predicted octanol–water partition coefficient (Wildman–Crippen LogP) is 2.98. The van der Waals surface area contributed by atoms with Gasteiger partial charge in [-0.3, -0.25) is 14.9 Å². The van der Waals surface area contributed by atoms with Crippen molar-refractivity contribution in [1.82, 2.24) is 5.32 Å². The molecule has 0 atom stereocenters. The molecule has 114 valence electrons. The van der Waals surface area contributed by atoms with Gasteiger partial charge in [0.05, 0.1) is 4.92 Å². The van der Waals surface area contributed by atoms with E-state index in [1.165, 1.54) is 18.2 Å². The molecule has 2 rings (SSSR count). The van der Waals surface area contributed by atoms with E-state index in [9.17, 15) is 19.3 Å². The summed E-state index contributed by atoms with van der Waals surface area (Å²) < 4.78 is 12.8. The molecule has 0 heterocycles. The van der Waals surface area contributed by atoms with Crippen molar-refractivity contribution in [3.8, 4) is 0 Å². The molecule has 0 saturated heterocycles. The summed E-state index contributed by atoms with van der Waals surface area (Å²) in [5, 5.41) is 13.5. The van der Waals surface area contributed by atoms with Crippen molar-refractivity contribution < 1.29 is 14.1 Å². The fourth-order valence-corrected chi connectivity index (χ4v) is 2.03. The Kier molecular flexibility index (Phi) is 5.19. The Morgan fingerprint density at radius 2 is 1.82 bits per heavy atom. The van der Waals surface area contributed by atoms with E-state index in [2.05, 4.69) is 5.32 Å². The van der Waals surface area contributed by atoms with Gasteiger partial charge in [-0.15, -0.1) is 0 Å². The Morgan fingerprint density at radius 3 is 2.50 bits per heavy atom. The van der Waals surface area contributed by atoms with Crippen LogP contribution in [0, 0.1) is 15.9 Å². The molecule has 0 aromatic heterocycles. The van der Waals surface area contributed by atoms with E-state index in [1.807, 2.05) is 0 Å². The predicted molar refractivity (Wildman–Crippen MR) is 79.7 cm³/mol. The summed E-state index contributed by atoms with van der Waals surface area (Å²) in [6.45, 7) is 0.111. The minimum atomic E-state index is -0.472. The molecule has 0 aliphatic heterocycles. The number of nitro groups is 1. The van der Waals surface area contributed by atoms with E-state index < -0.39 is 4.92 Å². The van der Waals surface area contributed by atoms with Crippen LogP contribution in [0.25, 0.3) is 0 Å². The largest absolute Gasteiger partial charge is 0.352 e. The van der Waals surface area contributed by atoms with Crippen molar-refractivity contribution >= 4 is 11.6 Å². The van der Waals surface area contributed by atoms with Gasteiger partial charge in [0, 0.05) is 24.6 Å². The monoisotopic (exact) mass is 302 g/mol. The Balaban J connectivity index is 1.85. The minimum absolute atomic E-state index is 0.0127. The van der Waals surface area contributed by atoms with E-state index in [0.29, 0.717) is 12.0 Å². The van der Waals surface area contributed by atoms with Crippen molar-refractivity contribution in [1.29, 1.82) is 0 Å². The molecule has 2 aromatic carbocycles. The number of benzene rings is 2. The molecular weight excluding hydrogens is 287 g/mol. The van der Waals surface area contributed by atoms with Crippen molar-refractivity contribution in [2.75, 3.05) is 0 Å². The van der Waals surface area contributed by atoms with Crippen LogP contribution in [0.1, 0.15) is 17.5 Å². The molecule has 0 aliphatic rings. The lowest BCUT2D eigenvalue weighted by molar-refractivity contribution is -0.385. The van der Waals surface area contributed by atoms with E-state index in [4.69, 9.17) is 0 Å². The number of carbonyl (C=O) groups excluding carboxylic acids is 1. The Labute approximate surface area is 126 Å². The van der Waals surface area contributed by atoms with E-state index in [-0.39, 0.29) is 30.4 Å². The summed E-state index contributed by atoms with van der Waals surface area (Å²) in [6, 6.07) is 12.2. The lowest BCUT2D eigenvalue weighted by Crippen LogP contribution is -2.23. The number of nitro benzene ring substituents is 1. The molecule has 5 nitrogen and oxygen atoms in total. The topological polar surface area (TPSA) is 72.2 Å². The van der Waals surface area contributed by atoms with Crippen molar-refractivity contribution in [3.63, 3.8) is 0 Å². The van der Waals surface area contributed by atoms with Gasteiger partial charge in [-0.25, -0.2) is 4.39 Å². The molecule has 0 spiro atoms. The third-order valence-electron chi connectivity index (χ3n) is 3.22. The maximum atomic E-state index is 12.8. The first-order chi connectivity index (χ1) is 10.6. The van der Waals surface area contributed by atoms with Gasteiger partial charge < -0.3 is 5.32 Å². The molecular formula is C16H15FN2O3. The first kappa shape index (κ1) is 15.6. The molecule has 0 unspecified atom stereocenters. The first-order valence-corrected chi connectivity index (χ1v) is 6.79. The number of amides is 1. The average Bonchev–Trinajstić information content (AvgIpc) is 2.52. The molecule has 0 aliphatic carbocycles. The van der Waals surface area contributed by atoms with Crippen LogP contribution in [-0.4, -0.2) is 10.8 Å². The summed E-state index contributed by atoms with van der Waals surface area (Å²) in [4.78, 5) is 22.2. The van der Waals surface area contributed by atoms with Gasteiger partial charge in [0.25, 0.3) is 5.69 Å². The fraction of sp³-hybridized carbons (Fsp3) is 0.188. The lowest BCUT2D eigenvalue weighted by Gasteiger charge is -2.06. The molecule has 0 bridgehead atoms. The molecule has 0 saturated carbocycles. The quantitative estimate of drug-likeness (QED) is 0.658. The number of rotatable bonds is 6. The number of aryl methyl sites for hydroxylation is 1. The molecule has 6 heteroatoms. The zero-order chi connectivity index (χ0) is 15.9. The lowest BCUT2D eigenvalue weighted by atomic mass is 10.1. The van der Waals surface area contributed by atoms with Crippen LogP contribution in [0.5, 0.6) is 0 Å². The molecule has 2 aromatic rings. The highest BCUT2D eigenvalue weighted by atomic mass is 19.1. The number of nitrogens with zero attached hydrogens (tertiary/aromatic N) is 1. The maximum absolute atomic E-state index is 12.8. The second kappa shape index (κ2) is 7.31. The van der Waals surface area contributed by atoms with Crippen LogP contribution in [0.4, 0.5) is 10.1 Å². The van der Waals surface area contributed by atoms with Gasteiger partial charge in [0.2, 0.25) is 5.91 Å². The van der Waals surface area contributed by atoms with Gasteiger partial charge in [0.1, 0.15) is 5.82 Å². The van der Waals surface area contributed by atoms with Crippen LogP contribution in [0.2, 0.25) is 0 Å². The Bertz CT molecular complexity index is 671. The summed E-state index contributed by atoms with van der Waals surface area (Å²) in [5.74, 6) is -0.521. The zero-order valence-electron chi connectivity index (χ0n) is 11.8. The molecule has 22 heavy (non-hydrogen) atoms. The van der Waals surface area contributed by atoms with Gasteiger partial charge in [-0.2, -0.15) is 0 Å². The van der Waals surface area contributed by atoms with Crippen LogP contribution < -0.4 is 5.32 Å². The molecule has 0 fully saturated rings. The molecule has 0 radical (unpaired) electrons. The zero-order valence-corrected chi connectivity index (χ0v) is 11.8. The highest BCUT2D eigenvalue weighted by Crippen LogP contribution is 2.17.